The van der Waals surface area contributed by atoms with Gasteiger partial charge in [0.15, 0.2) is 5.82 Å². The van der Waals surface area contributed by atoms with Crippen LogP contribution in [-0.4, -0.2) is 33.8 Å². The molecule has 1 aliphatic rings. The fourth-order valence-corrected chi connectivity index (χ4v) is 3.34. The lowest BCUT2D eigenvalue weighted by molar-refractivity contribution is -0.114. The first-order valence-corrected chi connectivity index (χ1v) is 9.91. The normalized spacial score (nSPS) is 13.0. The molecular formula is C21H27N5O3. The summed E-state index contributed by atoms with van der Waals surface area (Å²) < 4.78 is 1.85. The summed E-state index contributed by atoms with van der Waals surface area (Å²) in [7, 11) is 0. The fraction of sp³-hybridized carbons (Fsp3) is 0.429. The molecule has 1 aliphatic heterocycles. The van der Waals surface area contributed by atoms with Crippen molar-refractivity contribution in [1.82, 2.24) is 14.9 Å². The van der Waals surface area contributed by atoms with Gasteiger partial charge < -0.3 is 20.5 Å². The van der Waals surface area contributed by atoms with Crippen molar-refractivity contribution in [3.8, 4) is 0 Å². The zero-order valence-electron chi connectivity index (χ0n) is 17.0. The quantitative estimate of drug-likeness (QED) is 0.697. The van der Waals surface area contributed by atoms with E-state index in [1.165, 1.54) is 6.92 Å². The Bertz CT molecular complexity index is 932. The summed E-state index contributed by atoms with van der Waals surface area (Å²) in [5, 5.41) is 8.39. The van der Waals surface area contributed by atoms with Crippen molar-refractivity contribution in [2.45, 2.75) is 46.6 Å². The van der Waals surface area contributed by atoms with E-state index in [9.17, 15) is 14.4 Å². The molecule has 0 saturated carbocycles. The van der Waals surface area contributed by atoms with Crippen LogP contribution in [0, 0.1) is 5.92 Å². The van der Waals surface area contributed by atoms with E-state index in [-0.39, 0.29) is 23.5 Å². The molecule has 0 atom stereocenters. The number of carbonyl (C=O) groups excluding carboxylic acids is 3. The lowest BCUT2D eigenvalue weighted by Crippen LogP contribution is -2.29. The zero-order valence-corrected chi connectivity index (χ0v) is 17.0. The predicted octanol–water partition coefficient (Wildman–Crippen LogP) is 2.82. The molecule has 3 amide bonds. The van der Waals surface area contributed by atoms with Gasteiger partial charge in [-0.1, -0.05) is 19.9 Å². The highest BCUT2D eigenvalue weighted by Gasteiger charge is 2.27. The molecule has 3 N–H and O–H groups in total. The maximum atomic E-state index is 12.9. The minimum Gasteiger partial charge on any atom is -0.350 e. The highest BCUT2D eigenvalue weighted by atomic mass is 16.2. The fourth-order valence-electron chi connectivity index (χ4n) is 3.34. The van der Waals surface area contributed by atoms with Crippen molar-refractivity contribution in [3.63, 3.8) is 0 Å². The van der Waals surface area contributed by atoms with Crippen LogP contribution in [-0.2, 0) is 17.8 Å². The number of fused-ring (bicyclic) bond motifs is 1. The number of nitrogens with zero attached hydrogens (tertiary/aromatic N) is 2. The molecule has 154 valence electrons. The van der Waals surface area contributed by atoms with Crippen molar-refractivity contribution < 1.29 is 14.4 Å². The molecular weight excluding hydrogens is 370 g/mol. The van der Waals surface area contributed by atoms with Crippen LogP contribution in [0.5, 0.6) is 0 Å². The Balaban J connectivity index is 1.83. The number of hydrogen-bond acceptors (Lipinski definition) is 4. The Labute approximate surface area is 170 Å². The maximum absolute atomic E-state index is 12.9. The van der Waals surface area contributed by atoms with Crippen LogP contribution in [0.2, 0.25) is 0 Å². The molecule has 2 aromatic rings. The van der Waals surface area contributed by atoms with Gasteiger partial charge >= 0.3 is 0 Å². The third kappa shape index (κ3) is 5.01. The van der Waals surface area contributed by atoms with Gasteiger partial charge in [-0.05, 0) is 43.4 Å². The lowest BCUT2D eigenvalue weighted by atomic mass is 10.1. The maximum Gasteiger partial charge on any atom is 0.291 e. The summed E-state index contributed by atoms with van der Waals surface area (Å²) in [5.41, 5.74) is 2.28. The third-order valence-electron chi connectivity index (χ3n) is 4.65. The highest BCUT2D eigenvalue weighted by molar-refractivity contribution is 6.04. The summed E-state index contributed by atoms with van der Waals surface area (Å²) in [5.74, 6) is -0.240. The number of nitrogens with one attached hydrogen (secondary N) is 3. The molecule has 0 aliphatic carbocycles. The van der Waals surface area contributed by atoms with Gasteiger partial charge in [0.2, 0.25) is 5.91 Å². The minimum absolute atomic E-state index is 0.187. The number of imidazole rings is 1. The first-order chi connectivity index (χ1) is 13.8. The Hall–Kier alpha value is -3.16. The van der Waals surface area contributed by atoms with E-state index < -0.39 is 0 Å². The average molecular weight is 397 g/mol. The molecule has 0 unspecified atom stereocenters. The van der Waals surface area contributed by atoms with Crippen LogP contribution in [0.1, 0.15) is 60.4 Å². The molecule has 2 heterocycles. The molecule has 1 aromatic carbocycles. The van der Waals surface area contributed by atoms with Crippen molar-refractivity contribution in [2.24, 2.45) is 5.92 Å². The molecule has 0 bridgehead atoms. The third-order valence-corrected chi connectivity index (χ3v) is 4.65. The number of anilines is 2. The van der Waals surface area contributed by atoms with Crippen molar-refractivity contribution >= 4 is 29.1 Å². The van der Waals surface area contributed by atoms with E-state index >= 15 is 0 Å². The number of carbonyl (C=O) groups is 3. The topological polar surface area (TPSA) is 105 Å². The average Bonchev–Trinajstić information content (AvgIpc) is 3.06. The standard InChI is InChI=1S/C21H27N5O3/c1-13(2)12-22-20(28)18-17-9-4-5-10-26(17)19(25-18)21(29)24-16-8-6-7-15(11-16)23-14(3)27/h6-8,11,13H,4-5,9-10,12H2,1-3H3,(H,22,28)(H,23,27)(H,24,29). The van der Waals surface area contributed by atoms with Gasteiger partial charge in [-0.25, -0.2) is 4.98 Å². The molecule has 0 fully saturated rings. The van der Waals surface area contributed by atoms with E-state index in [1.54, 1.807) is 24.3 Å². The first-order valence-electron chi connectivity index (χ1n) is 9.91. The lowest BCUT2D eigenvalue weighted by Gasteiger charge is -2.17. The zero-order chi connectivity index (χ0) is 21.0. The predicted molar refractivity (Wildman–Crippen MR) is 111 cm³/mol. The summed E-state index contributed by atoms with van der Waals surface area (Å²) in [4.78, 5) is 41.2. The molecule has 3 rings (SSSR count). The van der Waals surface area contributed by atoms with Crippen molar-refractivity contribution in [3.05, 3.63) is 41.5 Å². The van der Waals surface area contributed by atoms with Gasteiger partial charge in [-0.3, -0.25) is 14.4 Å². The van der Waals surface area contributed by atoms with Gasteiger partial charge in [0.05, 0.1) is 5.69 Å². The number of amides is 3. The van der Waals surface area contributed by atoms with Crippen LogP contribution in [0.15, 0.2) is 24.3 Å². The second-order valence-electron chi connectivity index (χ2n) is 7.66. The van der Waals surface area contributed by atoms with Gasteiger partial charge in [0, 0.05) is 31.4 Å². The van der Waals surface area contributed by atoms with Crippen LogP contribution in [0.25, 0.3) is 0 Å². The van der Waals surface area contributed by atoms with Crippen LogP contribution in [0.3, 0.4) is 0 Å². The van der Waals surface area contributed by atoms with E-state index in [0.717, 1.165) is 25.0 Å². The van der Waals surface area contributed by atoms with Crippen molar-refractivity contribution in [1.29, 1.82) is 0 Å². The second kappa shape index (κ2) is 8.89. The SMILES string of the molecule is CC(=O)Nc1cccc(NC(=O)c2nc(C(=O)NCC(C)C)c3n2CCCC3)c1. The van der Waals surface area contributed by atoms with Gasteiger partial charge in [0.25, 0.3) is 11.8 Å². The second-order valence-corrected chi connectivity index (χ2v) is 7.66. The van der Waals surface area contributed by atoms with Crippen LogP contribution in [0.4, 0.5) is 11.4 Å². The Morgan fingerprint density at radius 2 is 1.83 bits per heavy atom. The number of benzene rings is 1. The van der Waals surface area contributed by atoms with Gasteiger partial charge in [-0.2, -0.15) is 0 Å². The summed E-state index contributed by atoms with van der Waals surface area (Å²) in [6.07, 6.45) is 2.63. The van der Waals surface area contributed by atoms with E-state index in [1.807, 2.05) is 18.4 Å². The molecule has 1 aromatic heterocycles. The monoisotopic (exact) mass is 397 g/mol. The first kappa shape index (κ1) is 20.6. The molecule has 0 radical (unpaired) electrons. The smallest absolute Gasteiger partial charge is 0.291 e. The van der Waals surface area contributed by atoms with E-state index in [0.29, 0.717) is 36.1 Å². The Morgan fingerprint density at radius 3 is 2.52 bits per heavy atom. The molecule has 8 nitrogen and oxygen atoms in total. The van der Waals surface area contributed by atoms with E-state index in [2.05, 4.69) is 20.9 Å². The van der Waals surface area contributed by atoms with Crippen molar-refractivity contribution in [2.75, 3.05) is 17.2 Å². The van der Waals surface area contributed by atoms with Gasteiger partial charge in [0.1, 0.15) is 5.69 Å². The molecule has 0 spiro atoms. The van der Waals surface area contributed by atoms with Crippen LogP contribution >= 0.6 is 0 Å². The van der Waals surface area contributed by atoms with Gasteiger partial charge in [-0.15, -0.1) is 0 Å². The molecule has 29 heavy (non-hydrogen) atoms. The Kier molecular flexibility index (Phi) is 6.31. The summed E-state index contributed by atoms with van der Waals surface area (Å²) in [6.45, 7) is 6.69. The highest BCUT2D eigenvalue weighted by Crippen LogP contribution is 2.22. The molecule has 8 heteroatoms. The van der Waals surface area contributed by atoms with E-state index in [4.69, 9.17) is 0 Å². The largest absolute Gasteiger partial charge is 0.350 e. The number of aromatic nitrogens is 2. The summed E-state index contributed by atoms with van der Waals surface area (Å²) >= 11 is 0. The number of hydrogen-bond donors (Lipinski definition) is 3. The number of rotatable bonds is 6. The Morgan fingerprint density at radius 1 is 1.10 bits per heavy atom. The minimum atomic E-state index is -0.379. The molecule has 0 saturated heterocycles. The van der Waals surface area contributed by atoms with Crippen LogP contribution < -0.4 is 16.0 Å². The summed E-state index contributed by atoms with van der Waals surface area (Å²) in [6, 6.07) is 6.90.